The van der Waals surface area contributed by atoms with Gasteiger partial charge in [-0.1, -0.05) is 60.5 Å². The molecular formula is C31H35ClF3N3O4S. The lowest BCUT2D eigenvalue weighted by Gasteiger charge is -2.35. The number of sulfonamides is 1. The van der Waals surface area contributed by atoms with Crippen molar-refractivity contribution in [3.8, 4) is 0 Å². The number of rotatable bonds is 10. The predicted molar refractivity (Wildman–Crippen MR) is 161 cm³/mol. The summed E-state index contributed by atoms with van der Waals surface area (Å²) in [5.74, 6) is -1.27. The third-order valence-electron chi connectivity index (χ3n) is 6.53. The minimum atomic E-state index is -4.76. The van der Waals surface area contributed by atoms with Gasteiger partial charge in [-0.05, 0) is 76.1 Å². The Hall–Kier alpha value is -3.57. The first-order valence-electron chi connectivity index (χ1n) is 13.6. The number of anilines is 1. The Balaban J connectivity index is 2.15. The molecule has 0 unspecified atom stereocenters. The van der Waals surface area contributed by atoms with Gasteiger partial charge in [0.1, 0.15) is 12.6 Å². The van der Waals surface area contributed by atoms with Gasteiger partial charge in [-0.25, -0.2) is 8.42 Å². The van der Waals surface area contributed by atoms with Crippen LogP contribution in [0.25, 0.3) is 0 Å². The zero-order valence-corrected chi connectivity index (χ0v) is 26.1. The second-order valence-corrected chi connectivity index (χ2v) is 13.4. The van der Waals surface area contributed by atoms with E-state index in [0.717, 1.165) is 17.7 Å². The van der Waals surface area contributed by atoms with E-state index >= 15 is 0 Å². The quantitative estimate of drug-likeness (QED) is 0.272. The lowest BCUT2D eigenvalue weighted by Crippen LogP contribution is -2.55. The molecule has 0 bridgehead atoms. The van der Waals surface area contributed by atoms with Crippen molar-refractivity contribution in [2.75, 3.05) is 10.8 Å². The minimum Gasteiger partial charge on any atom is -0.350 e. The smallest absolute Gasteiger partial charge is 0.350 e. The molecule has 3 aromatic carbocycles. The summed E-state index contributed by atoms with van der Waals surface area (Å²) in [5, 5.41) is 3.18. The molecule has 12 heteroatoms. The molecule has 0 radical (unpaired) electrons. The first-order valence-corrected chi connectivity index (χ1v) is 15.4. The zero-order chi connectivity index (χ0) is 32.2. The van der Waals surface area contributed by atoms with E-state index in [1.165, 1.54) is 23.1 Å². The van der Waals surface area contributed by atoms with Crippen LogP contribution in [0.1, 0.15) is 50.8 Å². The van der Waals surface area contributed by atoms with E-state index in [2.05, 4.69) is 5.32 Å². The highest BCUT2D eigenvalue weighted by Gasteiger charge is 2.36. The van der Waals surface area contributed by atoms with Crippen LogP contribution >= 0.6 is 11.6 Å². The third kappa shape index (κ3) is 8.73. The highest BCUT2D eigenvalue weighted by Crippen LogP contribution is 2.33. The molecule has 0 aliphatic carbocycles. The maximum Gasteiger partial charge on any atom is 0.416 e. The van der Waals surface area contributed by atoms with Gasteiger partial charge >= 0.3 is 6.18 Å². The Kier molecular flexibility index (Phi) is 10.6. The molecule has 0 aromatic heterocycles. The van der Waals surface area contributed by atoms with Crippen LogP contribution < -0.4 is 9.62 Å². The van der Waals surface area contributed by atoms with Gasteiger partial charge in [0.05, 0.1) is 16.1 Å². The molecule has 0 heterocycles. The van der Waals surface area contributed by atoms with E-state index in [0.29, 0.717) is 21.0 Å². The maximum absolute atomic E-state index is 14.1. The standard InChI is InChI=1S/C31H35ClF3N3O4S/c1-6-27(29(40)36-30(3,4)5)37(19-22-10-7-8-13-26(22)32)28(39)20-38(24-12-9-11-23(18-24)31(33,34)35)43(41,42)25-16-14-21(2)15-17-25/h7-18,27H,6,19-20H2,1-5H3,(H,36,40)/t27-/m1/s1. The van der Waals surface area contributed by atoms with Crippen LogP contribution in [0.5, 0.6) is 0 Å². The number of amides is 2. The number of hydrogen-bond donors (Lipinski definition) is 1. The molecule has 3 aromatic rings. The Morgan fingerprint density at radius 1 is 0.953 bits per heavy atom. The predicted octanol–water partition coefficient (Wildman–Crippen LogP) is 6.58. The van der Waals surface area contributed by atoms with Gasteiger partial charge in [-0.2, -0.15) is 13.2 Å². The van der Waals surface area contributed by atoms with Crippen molar-refractivity contribution in [2.45, 2.75) is 70.2 Å². The summed E-state index contributed by atoms with van der Waals surface area (Å²) >= 11 is 6.38. The van der Waals surface area contributed by atoms with Crippen molar-refractivity contribution < 1.29 is 31.2 Å². The Morgan fingerprint density at radius 2 is 1.58 bits per heavy atom. The average Bonchev–Trinajstić information content (AvgIpc) is 2.91. The average molecular weight is 638 g/mol. The number of halogens is 4. The fraction of sp³-hybridized carbons (Fsp3) is 0.355. The molecule has 0 spiro atoms. The summed E-state index contributed by atoms with van der Waals surface area (Å²) in [5.41, 5.74) is -0.796. The molecule has 2 amide bonds. The molecular weight excluding hydrogens is 603 g/mol. The van der Waals surface area contributed by atoms with Gasteiger partial charge < -0.3 is 10.2 Å². The number of carbonyl (C=O) groups is 2. The monoisotopic (exact) mass is 637 g/mol. The second kappa shape index (κ2) is 13.4. The topological polar surface area (TPSA) is 86.8 Å². The largest absolute Gasteiger partial charge is 0.416 e. The number of hydrogen-bond acceptors (Lipinski definition) is 4. The van der Waals surface area contributed by atoms with Gasteiger partial charge in [0.15, 0.2) is 0 Å². The molecule has 43 heavy (non-hydrogen) atoms. The van der Waals surface area contributed by atoms with Crippen LogP contribution in [0.15, 0.2) is 77.7 Å². The molecule has 1 atom stereocenters. The number of carbonyl (C=O) groups excluding carboxylic acids is 2. The lowest BCUT2D eigenvalue weighted by atomic mass is 10.1. The van der Waals surface area contributed by atoms with Crippen molar-refractivity contribution in [2.24, 2.45) is 0 Å². The number of benzene rings is 3. The molecule has 0 saturated carbocycles. The maximum atomic E-state index is 14.1. The highest BCUT2D eigenvalue weighted by molar-refractivity contribution is 7.92. The lowest BCUT2D eigenvalue weighted by molar-refractivity contribution is -0.141. The van der Waals surface area contributed by atoms with Crippen LogP contribution in [0.3, 0.4) is 0 Å². The fourth-order valence-electron chi connectivity index (χ4n) is 4.39. The molecule has 0 aliphatic heterocycles. The molecule has 0 saturated heterocycles. The van der Waals surface area contributed by atoms with Crippen LogP contribution in [-0.4, -0.2) is 43.3 Å². The molecule has 3 rings (SSSR count). The Labute approximate surface area is 255 Å². The van der Waals surface area contributed by atoms with Crippen LogP contribution in [0, 0.1) is 6.92 Å². The minimum absolute atomic E-state index is 0.143. The van der Waals surface area contributed by atoms with E-state index in [-0.39, 0.29) is 23.5 Å². The third-order valence-corrected chi connectivity index (χ3v) is 8.69. The van der Waals surface area contributed by atoms with Crippen LogP contribution in [0.2, 0.25) is 5.02 Å². The summed E-state index contributed by atoms with van der Waals surface area (Å²) in [6.45, 7) is 7.78. The summed E-state index contributed by atoms with van der Waals surface area (Å²) in [6, 6.07) is 15.2. The second-order valence-electron chi connectivity index (χ2n) is 11.1. The molecule has 0 aliphatic rings. The first kappa shape index (κ1) is 33.9. The summed E-state index contributed by atoms with van der Waals surface area (Å²) < 4.78 is 69.4. The van der Waals surface area contributed by atoms with Crippen molar-refractivity contribution in [1.82, 2.24) is 10.2 Å². The molecule has 232 valence electrons. The van der Waals surface area contributed by atoms with Gasteiger partial charge in [0.2, 0.25) is 11.8 Å². The van der Waals surface area contributed by atoms with Crippen LogP contribution in [-0.2, 0) is 32.3 Å². The van der Waals surface area contributed by atoms with Gasteiger partial charge in [-0.3, -0.25) is 13.9 Å². The summed E-state index contributed by atoms with van der Waals surface area (Å²) in [6.07, 6.45) is -4.58. The van der Waals surface area contributed by atoms with Crippen LogP contribution in [0.4, 0.5) is 18.9 Å². The zero-order valence-electron chi connectivity index (χ0n) is 24.6. The molecule has 1 N–H and O–H groups in total. The molecule has 0 fully saturated rings. The van der Waals surface area contributed by atoms with E-state index in [1.807, 2.05) is 0 Å². The van der Waals surface area contributed by atoms with E-state index < -0.39 is 51.7 Å². The first-order chi connectivity index (χ1) is 19.9. The normalized spacial score (nSPS) is 12.9. The Bertz CT molecular complexity index is 1560. The summed E-state index contributed by atoms with van der Waals surface area (Å²) in [4.78, 5) is 28.5. The van der Waals surface area contributed by atoms with Gasteiger partial charge in [-0.15, -0.1) is 0 Å². The van der Waals surface area contributed by atoms with Crippen molar-refractivity contribution in [3.05, 3.63) is 94.5 Å². The number of aryl methyl sites for hydroxylation is 1. The van der Waals surface area contributed by atoms with Gasteiger partial charge in [0.25, 0.3) is 10.0 Å². The Morgan fingerprint density at radius 3 is 2.14 bits per heavy atom. The van der Waals surface area contributed by atoms with Crippen molar-refractivity contribution >= 4 is 39.1 Å². The summed E-state index contributed by atoms with van der Waals surface area (Å²) in [7, 11) is -4.53. The van der Waals surface area contributed by atoms with Crippen molar-refractivity contribution in [1.29, 1.82) is 0 Å². The van der Waals surface area contributed by atoms with Crippen molar-refractivity contribution in [3.63, 3.8) is 0 Å². The number of alkyl halides is 3. The SMILES string of the molecule is CC[C@H](C(=O)NC(C)(C)C)N(Cc1ccccc1Cl)C(=O)CN(c1cccc(C(F)(F)F)c1)S(=O)(=O)c1ccc(C)cc1. The van der Waals surface area contributed by atoms with E-state index in [4.69, 9.17) is 11.6 Å². The highest BCUT2D eigenvalue weighted by atomic mass is 35.5. The van der Waals surface area contributed by atoms with Gasteiger partial charge in [0, 0.05) is 17.1 Å². The molecule has 7 nitrogen and oxygen atoms in total. The number of nitrogens with one attached hydrogen (secondary N) is 1. The fourth-order valence-corrected chi connectivity index (χ4v) is 5.99. The van der Waals surface area contributed by atoms with E-state index in [9.17, 15) is 31.2 Å². The van der Waals surface area contributed by atoms with E-state index in [1.54, 1.807) is 71.0 Å². The number of nitrogens with zero attached hydrogens (tertiary/aromatic N) is 2.